The molecule has 1 heterocycles. The van der Waals surface area contributed by atoms with Gasteiger partial charge in [0.15, 0.2) is 5.69 Å². The quantitative estimate of drug-likeness (QED) is 0.732. The lowest BCUT2D eigenvalue weighted by Crippen LogP contribution is -2.29. The van der Waals surface area contributed by atoms with Crippen LogP contribution in [0, 0.1) is 5.92 Å². The Bertz CT molecular complexity index is 740. The highest BCUT2D eigenvalue weighted by atomic mass is 35.5. The highest BCUT2D eigenvalue weighted by Gasteiger charge is 2.18. The molecule has 0 bridgehead atoms. The number of hydrogen-bond donors (Lipinski definition) is 3. The molecule has 8 heteroatoms. The summed E-state index contributed by atoms with van der Waals surface area (Å²) in [5.41, 5.74) is 1.14. The second kappa shape index (κ2) is 8.53. The number of amides is 3. The van der Waals surface area contributed by atoms with Crippen molar-refractivity contribution in [2.24, 2.45) is 5.92 Å². The van der Waals surface area contributed by atoms with Crippen molar-refractivity contribution in [2.45, 2.75) is 27.3 Å². The van der Waals surface area contributed by atoms with Crippen molar-refractivity contribution < 1.29 is 9.59 Å². The Morgan fingerprint density at radius 1 is 1.20 bits per heavy atom. The van der Waals surface area contributed by atoms with Gasteiger partial charge in [-0.1, -0.05) is 25.4 Å². The number of benzene rings is 1. The van der Waals surface area contributed by atoms with Crippen LogP contribution in [0.25, 0.3) is 0 Å². The molecule has 3 amide bonds. The lowest BCUT2D eigenvalue weighted by Gasteiger charge is -2.09. The zero-order valence-corrected chi connectivity index (χ0v) is 15.2. The molecule has 134 valence electrons. The SMILES string of the molecule is CCn1cc(NC(=O)Nc2ccc(Cl)cc2)c(C(=O)NCC(C)C)n1. The second-order valence-electron chi connectivity index (χ2n) is 5.94. The van der Waals surface area contributed by atoms with E-state index in [1.807, 2.05) is 20.8 Å². The number of anilines is 2. The van der Waals surface area contributed by atoms with Crippen molar-refractivity contribution in [2.75, 3.05) is 17.2 Å². The van der Waals surface area contributed by atoms with Gasteiger partial charge in [-0.05, 0) is 37.1 Å². The normalized spacial score (nSPS) is 10.6. The van der Waals surface area contributed by atoms with Gasteiger partial charge in [-0.15, -0.1) is 0 Å². The summed E-state index contributed by atoms with van der Waals surface area (Å²) >= 11 is 5.82. The van der Waals surface area contributed by atoms with E-state index in [-0.39, 0.29) is 11.6 Å². The molecular weight excluding hydrogens is 342 g/mol. The molecule has 0 saturated heterocycles. The summed E-state index contributed by atoms with van der Waals surface area (Å²) in [6.07, 6.45) is 1.63. The molecule has 25 heavy (non-hydrogen) atoms. The Labute approximate surface area is 151 Å². The van der Waals surface area contributed by atoms with Crippen LogP contribution < -0.4 is 16.0 Å². The molecule has 0 aliphatic heterocycles. The van der Waals surface area contributed by atoms with Crippen molar-refractivity contribution in [3.05, 3.63) is 41.2 Å². The van der Waals surface area contributed by atoms with Gasteiger partial charge < -0.3 is 16.0 Å². The van der Waals surface area contributed by atoms with Gasteiger partial charge in [0, 0.05) is 30.0 Å². The number of aryl methyl sites for hydroxylation is 1. The number of halogens is 1. The van der Waals surface area contributed by atoms with Crippen molar-refractivity contribution in [3.63, 3.8) is 0 Å². The Morgan fingerprint density at radius 3 is 2.48 bits per heavy atom. The van der Waals surface area contributed by atoms with Crippen LogP contribution in [-0.2, 0) is 6.54 Å². The first-order valence-electron chi connectivity index (χ1n) is 8.08. The van der Waals surface area contributed by atoms with E-state index >= 15 is 0 Å². The summed E-state index contributed by atoms with van der Waals surface area (Å²) in [6.45, 7) is 7.03. The number of rotatable bonds is 6. The molecule has 2 aromatic rings. The van der Waals surface area contributed by atoms with Crippen LogP contribution >= 0.6 is 11.6 Å². The predicted octanol–water partition coefficient (Wildman–Crippen LogP) is 3.59. The fourth-order valence-electron chi connectivity index (χ4n) is 2.04. The van der Waals surface area contributed by atoms with Crippen LogP contribution in [0.4, 0.5) is 16.2 Å². The Balaban J connectivity index is 2.09. The average molecular weight is 364 g/mol. The largest absolute Gasteiger partial charge is 0.350 e. The van der Waals surface area contributed by atoms with Crippen molar-refractivity contribution in [1.82, 2.24) is 15.1 Å². The maximum Gasteiger partial charge on any atom is 0.323 e. The first kappa shape index (κ1) is 18.8. The lowest BCUT2D eigenvalue weighted by atomic mass is 10.2. The minimum Gasteiger partial charge on any atom is -0.350 e. The zero-order chi connectivity index (χ0) is 18.4. The summed E-state index contributed by atoms with van der Waals surface area (Å²) in [5.74, 6) is 0.00418. The third kappa shape index (κ3) is 5.49. The van der Waals surface area contributed by atoms with E-state index in [1.165, 1.54) is 0 Å². The average Bonchev–Trinajstić information content (AvgIpc) is 2.97. The van der Waals surface area contributed by atoms with Gasteiger partial charge in [0.25, 0.3) is 5.91 Å². The van der Waals surface area contributed by atoms with E-state index in [2.05, 4.69) is 21.0 Å². The van der Waals surface area contributed by atoms with Crippen LogP contribution in [0.3, 0.4) is 0 Å². The molecule has 3 N–H and O–H groups in total. The number of nitrogens with one attached hydrogen (secondary N) is 3. The topological polar surface area (TPSA) is 88.0 Å². The third-order valence-corrected chi connectivity index (χ3v) is 3.57. The van der Waals surface area contributed by atoms with Gasteiger partial charge in [-0.25, -0.2) is 4.79 Å². The number of urea groups is 1. The Kier molecular flexibility index (Phi) is 6.41. The van der Waals surface area contributed by atoms with E-state index in [0.29, 0.717) is 35.4 Å². The molecule has 0 saturated carbocycles. The van der Waals surface area contributed by atoms with Crippen molar-refractivity contribution >= 4 is 34.9 Å². The molecular formula is C17H22ClN5O2. The highest BCUT2D eigenvalue weighted by molar-refractivity contribution is 6.30. The van der Waals surface area contributed by atoms with Crippen LogP contribution in [-0.4, -0.2) is 28.3 Å². The highest BCUT2D eigenvalue weighted by Crippen LogP contribution is 2.16. The third-order valence-electron chi connectivity index (χ3n) is 3.32. The molecule has 0 spiro atoms. The van der Waals surface area contributed by atoms with Crippen LogP contribution in [0.5, 0.6) is 0 Å². The van der Waals surface area contributed by atoms with Crippen molar-refractivity contribution in [3.8, 4) is 0 Å². The number of hydrogen-bond acceptors (Lipinski definition) is 3. The minimum absolute atomic E-state index is 0.189. The number of nitrogens with zero attached hydrogens (tertiary/aromatic N) is 2. The van der Waals surface area contributed by atoms with E-state index in [0.717, 1.165) is 0 Å². The minimum atomic E-state index is -0.462. The first-order valence-corrected chi connectivity index (χ1v) is 8.46. The molecule has 0 atom stereocenters. The van der Waals surface area contributed by atoms with Gasteiger partial charge in [0.2, 0.25) is 0 Å². The van der Waals surface area contributed by atoms with Gasteiger partial charge in [-0.3, -0.25) is 9.48 Å². The summed E-state index contributed by atoms with van der Waals surface area (Å²) in [6, 6.07) is 6.27. The molecule has 7 nitrogen and oxygen atoms in total. The molecule has 0 radical (unpaired) electrons. The van der Waals surface area contributed by atoms with E-state index in [9.17, 15) is 9.59 Å². The predicted molar refractivity (Wildman–Crippen MR) is 99.2 cm³/mol. The molecule has 1 aromatic heterocycles. The molecule has 0 aliphatic rings. The van der Waals surface area contributed by atoms with Crippen molar-refractivity contribution in [1.29, 1.82) is 0 Å². The van der Waals surface area contributed by atoms with Crippen LogP contribution in [0.2, 0.25) is 5.02 Å². The summed E-state index contributed by atoms with van der Waals surface area (Å²) in [5, 5.41) is 13.0. The van der Waals surface area contributed by atoms with Gasteiger partial charge in [-0.2, -0.15) is 5.10 Å². The molecule has 2 rings (SSSR count). The molecule has 1 aromatic carbocycles. The molecule has 0 aliphatic carbocycles. The van der Waals surface area contributed by atoms with E-state index in [1.54, 1.807) is 35.1 Å². The first-order chi connectivity index (χ1) is 11.9. The fraction of sp³-hybridized carbons (Fsp3) is 0.353. The summed E-state index contributed by atoms with van der Waals surface area (Å²) in [7, 11) is 0. The second-order valence-corrected chi connectivity index (χ2v) is 6.37. The van der Waals surface area contributed by atoms with Gasteiger partial charge in [0.1, 0.15) is 0 Å². The van der Waals surface area contributed by atoms with Crippen LogP contribution in [0.1, 0.15) is 31.3 Å². The number of carbonyl (C=O) groups excluding carboxylic acids is 2. The Hall–Kier alpha value is -2.54. The van der Waals surface area contributed by atoms with Gasteiger partial charge >= 0.3 is 6.03 Å². The standard InChI is InChI=1S/C17H22ClN5O2/c1-4-23-10-14(15(22-23)16(24)19-9-11(2)3)21-17(25)20-13-7-5-12(18)6-8-13/h5-8,10-11H,4,9H2,1-3H3,(H,19,24)(H2,20,21,25). The Morgan fingerprint density at radius 2 is 1.88 bits per heavy atom. The number of carbonyl (C=O) groups is 2. The maximum absolute atomic E-state index is 12.3. The van der Waals surface area contributed by atoms with Crippen LogP contribution in [0.15, 0.2) is 30.5 Å². The fourth-order valence-corrected chi connectivity index (χ4v) is 2.17. The van der Waals surface area contributed by atoms with E-state index in [4.69, 9.17) is 11.6 Å². The molecule has 0 fully saturated rings. The summed E-state index contributed by atoms with van der Waals surface area (Å²) < 4.78 is 1.60. The van der Waals surface area contributed by atoms with Gasteiger partial charge in [0.05, 0.1) is 5.69 Å². The maximum atomic E-state index is 12.3. The molecule has 0 unspecified atom stereocenters. The lowest BCUT2D eigenvalue weighted by molar-refractivity contribution is 0.0944. The summed E-state index contributed by atoms with van der Waals surface area (Å²) in [4.78, 5) is 24.5. The smallest absolute Gasteiger partial charge is 0.323 e. The van der Waals surface area contributed by atoms with E-state index < -0.39 is 6.03 Å². The number of aromatic nitrogens is 2. The zero-order valence-electron chi connectivity index (χ0n) is 14.5. The monoisotopic (exact) mass is 363 g/mol.